The van der Waals surface area contributed by atoms with E-state index in [2.05, 4.69) is 26.5 Å². The topological polar surface area (TPSA) is 96.5 Å². The Morgan fingerprint density at radius 1 is 1.20 bits per heavy atom. The van der Waals surface area contributed by atoms with E-state index in [1.54, 1.807) is 10.7 Å². The highest BCUT2D eigenvalue weighted by atomic mass is 35.5. The van der Waals surface area contributed by atoms with Crippen LogP contribution in [0.15, 0.2) is 54.7 Å². The van der Waals surface area contributed by atoms with Crippen molar-refractivity contribution < 1.29 is 4.79 Å². The van der Waals surface area contributed by atoms with Crippen molar-refractivity contribution in [3.05, 3.63) is 81.6 Å². The number of anilines is 1. The first-order valence-electron chi connectivity index (χ1n) is 8.96. The second-order valence-corrected chi connectivity index (χ2v) is 7.78. The van der Waals surface area contributed by atoms with Crippen molar-refractivity contribution >= 4 is 34.0 Å². The molecule has 0 spiro atoms. The van der Waals surface area contributed by atoms with Crippen molar-refractivity contribution in [2.75, 3.05) is 5.32 Å². The fourth-order valence-corrected chi connectivity index (χ4v) is 3.86. The number of nitriles is 1. The van der Waals surface area contributed by atoms with Crippen LogP contribution >= 0.6 is 22.9 Å². The molecule has 4 aromatic rings. The van der Waals surface area contributed by atoms with Gasteiger partial charge < -0.3 is 0 Å². The Hall–Kier alpha value is -3.54. The fourth-order valence-electron chi connectivity index (χ4n) is 2.85. The number of halogens is 1. The van der Waals surface area contributed by atoms with Gasteiger partial charge >= 0.3 is 0 Å². The summed E-state index contributed by atoms with van der Waals surface area (Å²) >= 11 is 7.46. The highest BCUT2D eigenvalue weighted by Crippen LogP contribution is 2.30. The largest absolute Gasteiger partial charge is 0.298 e. The lowest BCUT2D eigenvalue weighted by molar-refractivity contribution is 0.102. The van der Waals surface area contributed by atoms with E-state index in [1.807, 2.05) is 49.4 Å². The summed E-state index contributed by atoms with van der Waals surface area (Å²) in [6, 6.07) is 17.3. The summed E-state index contributed by atoms with van der Waals surface area (Å²) in [5, 5.41) is 16.9. The number of pyridine rings is 1. The van der Waals surface area contributed by atoms with Crippen LogP contribution in [0.3, 0.4) is 0 Å². The van der Waals surface area contributed by atoms with Crippen LogP contribution in [-0.4, -0.2) is 25.7 Å². The molecule has 1 amide bonds. The molecule has 0 aliphatic rings. The van der Waals surface area contributed by atoms with Gasteiger partial charge in [-0.1, -0.05) is 59.3 Å². The molecule has 4 rings (SSSR count). The third-order valence-corrected chi connectivity index (χ3v) is 5.55. The summed E-state index contributed by atoms with van der Waals surface area (Å²) in [5.74, 6) is -0.443. The van der Waals surface area contributed by atoms with E-state index in [0.29, 0.717) is 27.9 Å². The van der Waals surface area contributed by atoms with Crippen LogP contribution in [0.1, 0.15) is 26.5 Å². The molecular weight excluding hydrogens is 420 g/mol. The number of thiazole rings is 1. The predicted octanol–water partition coefficient (Wildman–Crippen LogP) is 4.54. The van der Waals surface area contributed by atoms with Gasteiger partial charge in [-0.05, 0) is 24.6 Å². The lowest BCUT2D eigenvalue weighted by atomic mass is 10.2. The van der Waals surface area contributed by atoms with Gasteiger partial charge in [-0.3, -0.25) is 15.1 Å². The molecule has 7 nitrogen and oxygen atoms in total. The van der Waals surface area contributed by atoms with Crippen LogP contribution in [0.2, 0.25) is 5.15 Å². The highest BCUT2D eigenvalue weighted by molar-refractivity contribution is 7.16. The molecule has 3 heterocycles. The van der Waals surface area contributed by atoms with Crippen LogP contribution in [-0.2, 0) is 6.54 Å². The number of hydrogen-bond acceptors (Lipinski definition) is 6. The van der Waals surface area contributed by atoms with Gasteiger partial charge in [0.25, 0.3) is 5.91 Å². The summed E-state index contributed by atoms with van der Waals surface area (Å²) in [6.45, 7) is 2.31. The molecule has 1 N–H and O–H groups in total. The van der Waals surface area contributed by atoms with E-state index in [-0.39, 0.29) is 10.7 Å². The second-order valence-electron chi connectivity index (χ2n) is 6.42. The van der Waals surface area contributed by atoms with Crippen molar-refractivity contribution in [3.8, 4) is 17.5 Å². The SMILES string of the molecule is Cc1cccc(-c2nc(NC(=O)c3cnn(Cc4ccccc4)c3Cl)sc2C#N)n1. The van der Waals surface area contributed by atoms with Crippen molar-refractivity contribution in [3.63, 3.8) is 0 Å². The number of aromatic nitrogens is 4. The van der Waals surface area contributed by atoms with Gasteiger partial charge in [0.1, 0.15) is 21.8 Å². The van der Waals surface area contributed by atoms with Crippen LogP contribution in [0.4, 0.5) is 5.13 Å². The third-order valence-electron chi connectivity index (χ3n) is 4.27. The van der Waals surface area contributed by atoms with Gasteiger partial charge in [-0.15, -0.1) is 0 Å². The van der Waals surface area contributed by atoms with E-state index >= 15 is 0 Å². The van der Waals surface area contributed by atoms with Crippen LogP contribution in [0.5, 0.6) is 0 Å². The molecule has 30 heavy (non-hydrogen) atoms. The molecule has 0 radical (unpaired) electrons. The molecule has 148 valence electrons. The highest BCUT2D eigenvalue weighted by Gasteiger charge is 2.20. The maximum absolute atomic E-state index is 12.7. The third kappa shape index (κ3) is 4.08. The van der Waals surface area contributed by atoms with Gasteiger partial charge in [0.05, 0.1) is 24.0 Å². The Morgan fingerprint density at radius 2 is 2.00 bits per heavy atom. The van der Waals surface area contributed by atoms with Gasteiger partial charge in [-0.25, -0.2) is 9.67 Å². The first-order valence-corrected chi connectivity index (χ1v) is 10.2. The molecule has 0 aliphatic carbocycles. The van der Waals surface area contributed by atoms with E-state index < -0.39 is 5.91 Å². The Bertz CT molecular complexity index is 1260. The average Bonchev–Trinajstić information content (AvgIpc) is 3.32. The quantitative estimate of drug-likeness (QED) is 0.497. The molecule has 1 aromatic carbocycles. The molecule has 0 fully saturated rings. The van der Waals surface area contributed by atoms with Crippen LogP contribution < -0.4 is 5.32 Å². The summed E-state index contributed by atoms with van der Waals surface area (Å²) in [4.78, 5) is 21.9. The number of hydrogen-bond donors (Lipinski definition) is 1. The zero-order valence-corrected chi connectivity index (χ0v) is 17.4. The number of benzene rings is 1. The minimum absolute atomic E-state index is 0.231. The monoisotopic (exact) mass is 434 g/mol. The summed E-state index contributed by atoms with van der Waals surface area (Å²) in [6.07, 6.45) is 1.42. The Kier molecular flexibility index (Phi) is 5.57. The van der Waals surface area contributed by atoms with Crippen molar-refractivity contribution in [2.45, 2.75) is 13.5 Å². The van der Waals surface area contributed by atoms with Crippen molar-refractivity contribution in [2.24, 2.45) is 0 Å². The maximum atomic E-state index is 12.7. The Morgan fingerprint density at radius 3 is 2.73 bits per heavy atom. The van der Waals surface area contributed by atoms with Gasteiger partial charge in [0.15, 0.2) is 5.13 Å². The maximum Gasteiger partial charge on any atom is 0.262 e. The fraction of sp³-hybridized carbons (Fsp3) is 0.0952. The number of aryl methyl sites for hydroxylation is 1. The number of amides is 1. The number of nitrogens with zero attached hydrogens (tertiary/aromatic N) is 5. The van der Waals surface area contributed by atoms with Crippen LogP contribution in [0, 0.1) is 18.3 Å². The predicted molar refractivity (Wildman–Crippen MR) is 116 cm³/mol. The minimum Gasteiger partial charge on any atom is -0.298 e. The molecule has 0 unspecified atom stereocenters. The zero-order chi connectivity index (χ0) is 21.1. The number of nitrogens with one attached hydrogen (secondary N) is 1. The van der Waals surface area contributed by atoms with Gasteiger partial charge in [0, 0.05) is 5.69 Å². The van der Waals surface area contributed by atoms with Gasteiger partial charge in [-0.2, -0.15) is 10.4 Å². The molecule has 3 aromatic heterocycles. The van der Waals surface area contributed by atoms with E-state index in [0.717, 1.165) is 22.6 Å². The molecule has 0 aliphatic heterocycles. The summed E-state index contributed by atoms with van der Waals surface area (Å²) < 4.78 is 1.55. The van der Waals surface area contributed by atoms with Crippen molar-refractivity contribution in [1.82, 2.24) is 19.7 Å². The molecule has 0 saturated heterocycles. The normalized spacial score (nSPS) is 10.6. The molecular formula is C21H15ClN6OS. The summed E-state index contributed by atoms with van der Waals surface area (Å²) in [7, 11) is 0. The van der Waals surface area contributed by atoms with E-state index in [1.165, 1.54) is 6.20 Å². The number of rotatable bonds is 5. The minimum atomic E-state index is -0.443. The first-order chi connectivity index (χ1) is 14.5. The Labute approximate surface area is 181 Å². The lowest BCUT2D eigenvalue weighted by Crippen LogP contribution is -2.12. The molecule has 0 saturated carbocycles. The van der Waals surface area contributed by atoms with E-state index in [9.17, 15) is 10.1 Å². The molecule has 0 atom stereocenters. The van der Waals surface area contributed by atoms with Gasteiger partial charge in [0.2, 0.25) is 0 Å². The van der Waals surface area contributed by atoms with Crippen LogP contribution in [0.25, 0.3) is 11.4 Å². The Balaban J connectivity index is 1.56. The lowest BCUT2D eigenvalue weighted by Gasteiger charge is -2.04. The van der Waals surface area contributed by atoms with E-state index in [4.69, 9.17) is 11.6 Å². The number of carbonyl (C=O) groups is 1. The molecule has 0 bridgehead atoms. The molecule has 9 heteroatoms. The first kappa shape index (κ1) is 19.8. The second kappa shape index (κ2) is 8.45. The number of carbonyl (C=O) groups excluding carboxylic acids is 1. The average molecular weight is 435 g/mol. The summed E-state index contributed by atoms with van der Waals surface area (Å²) in [5.41, 5.74) is 3.08. The smallest absolute Gasteiger partial charge is 0.262 e. The standard InChI is InChI=1S/C21H15ClN6OS/c1-13-6-5-9-16(25-13)18-17(10-23)30-21(26-18)27-20(29)15-11-24-28(19(15)22)12-14-7-3-2-4-8-14/h2-9,11H,12H2,1H3,(H,26,27,29). The van der Waals surface area contributed by atoms with Crippen molar-refractivity contribution in [1.29, 1.82) is 5.26 Å². The zero-order valence-electron chi connectivity index (χ0n) is 15.8.